The van der Waals surface area contributed by atoms with Crippen LogP contribution in [0.2, 0.25) is 0 Å². The van der Waals surface area contributed by atoms with Gasteiger partial charge in [-0.15, -0.1) is 0 Å². The van der Waals surface area contributed by atoms with Crippen molar-refractivity contribution in [2.75, 3.05) is 5.32 Å². The number of amides is 1. The number of carbonyl (C=O) groups is 1. The minimum atomic E-state index is -3.86. The lowest BCUT2D eigenvalue weighted by atomic mass is 10.3. The minimum Gasteiger partial charge on any atom is -0.326 e. The van der Waals surface area contributed by atoms with E-state index in [1.54, 1.807) is 6.92 Å². The van der Waals surface area contributed by atoms with Crippen molar-refractivity contribution in [3.63, 3.8) is 0 Å². The fraction of sp³-hybridized carbons (Fsp3) is 0.154. The molecule has 116 valence electrons. The molecule has 0 unspecified atom stereocenters. The van der Waals surface area contributed by atoms with E-state index in [0.29, 0.717) is 11.4 Å². The highest BCUT2D eigenvalue weighted by Crippen LogP contribution is 2.16. The van der Waals surface area contributed by atoms with Crippen molar-refractivity contribution >= 4 is 27.6 Å². The van der Waals surface area contributed by atoms with Gasteiger partial charge in [-0.25, -0.2) is 18.1 Å². The molecule has 0 aliphatic heterocycles. The average molecular weight is 322 g/mol. The number of aromatic amines is 1. The van der Waals surface area contributed by atoms with Gasteiger partial charge in [0.15, 0.2) is 0 Å². The molecule has 2 aromatic rings. The molecule has 1 aromatic heterocycles. The van der Waals surface area contributed by atoms with Crippen LogP contribution in [0.5, 0.6) is 0 Å². The highest BCUT2D eigenvalue weighted by atomic mass is 32.2. The summed E-state index contributed by atoms with van der Waals surface area (Å²) in [5.41, 5.74) is 0.798. The Morgan fingerprint density at radius 3 is 2.41 bits per heavy atom. The zero-order valence-electron chi connectivity index (χ0n) is 11.9. The summed E-state index contributed by atoms with van der Waals surface area (Å²) < 4.78 is 25.5. The summed E-state index contributed by atoms with van der Waals surface area (Å²) in [6, 6.07) is 7.02. The maximum atomic E-state index is 11.8. The number of hydrogen-bond acceptors (Lipinski definition) is 6. The van der Waals surface area contributed by atoms with E-state index in [0.717, 1.165) is 6.92 Å². The number of nitrogens with one attached hydrogen (secondary N) is 3. The van der Waals surface area contributed by atoms with Gasteiger partial charge in [-0.1, -0.05) is 0 Å². The second kappa shape index (κ2) is 5.98. The first kappa shape index (κ1) is 15.7. The van der Waals surface area contributed by atoms with Crippen LogP contribution >= 0.6 is 0 Å². The minimum absolute atomic E-state index is 0.0426. The van der Waals surface area contributed by atoms with E-state index in [-0.39, 0.29) is 16.4 Å². The summed E-state index contributed by atoms with van der Waals surface area (Å²) in [7, 11) is -3.86. The first-order chi connectivity index (χ1) is 10.3. The van der Waals surface area contributed by atoms with Gasteiger partial charge < -0.3 is 5.32 Å². The first-order valence-electron chi connectivity index (χ1n) is 6.25. The molecule has 9 heteroatoms. The maximum Gasteiger partial charge on any atom is 0.264 e. The molecule has 0 aliphatic rings. The number of carbonyl (C=O) groups excluding carboxylic acids is 1. The monoisotopic (exact) mass is 322 g/mol. The molecule has 0 aliphatic carbocycles. The average Bonchev–Trinajstić information content (AvgIpc) is 2.36. The Morgan fingerprint density at radius 1 is 1.23 bits per heavy atom. The Bertz CT molecular complexity index is 856. The molecular weight excluding hydrogens is 308 g/mol. The van der Waals surface area contributed by atoms with Crippen LogP contribution in [-0.4, -0.2) is 24.3 Å². The van der Waals surface area contributed by atoms with Crippen LogP contribution in [0, 0.1) is 6.92 Å². The molecule has 3 N–H and O–H groups in total. The topological polar surface area (TPSA) is 121 Å². The van der Waals surface area contributed by atoms with Crippen molar-refractivity contribution in [3.05, 3.63) is 46.4 Å². The number of benzene rings is 1. The molecule has 0 spiro atoms. The smallest absolute Gasteiger partial charge is 0.264 e. The van der Waals surface area contributed by atoms with Gasteiger partial charge in [0.2, 0.25) is 11.9 Å². The quantitative estimate of drug-likeness (QED) is 0.760. The van der Waals surface area contributed by atoms with E-state index in [9.17, 15) is 18.0 Å². The Morgan fingerprint density at radius 2 is 1.86 bits per heavy atom. The first-order valence-corrected chi connectivity index (χ1v) is 7.73. The molecular formula is C13H14N4O4S. The largest absolute Gasteiger partial charge is 0.326 e. The summed E-state index contributed by atoms with van der Waals surface area (Å²) in [4.78, 5) is 28.8. The molecule has 0 radical (unpaired) electrons. The van der Waals surface area contributed by atoms with E-state index < -0.39 is 15.9 Å². The predicted molar refractivity (Wildman–Crippen MR) is 80.3 cm³/mol. The van der Waals surface area contributed by atoms with Gasteiger partial charge >= 0.3 is 0 Å². The normalized spacial score (nSPS) is 11.0. The van der Waals surface area contributed by atoms with Crippen LogP contribution in [-0.2, 0) is 14.8 Å². The van der Waals surface area contributed by atoms with E-state index in [1.165, 1.54) is 30.3 Å². The van der Waals surface area contributed by atoms with Crippen LogP contribution in [0.3, 0.4) is 0 Å². The van der Waals surface area contributed by atoms with Crippen LogP contribution in [0.25, 0.3) is 0 Å². The second-order valence-electron chi connectivity index (χ2n) is 4.55. The van der Waals surface area contributed by atoms with Gasteiger partial charge in [0.25, 0.3) is 15.6 Å². The van der Waals surface area contributed by atoms with Gasteiger partial charge in [-0.05, 0) is 31.2 Å². The van der Waals surface area contributed by atoms with Crippen molar-refractivity contribution in [1.29, 1.82) is 0 Å². The number of hydrogen-bond donors (Lipinski definition) is 3. The molecule has 1 heterocycles. The van der Waals surface area contributed by atoms with E-state index in [4.69, 9.17) is 0 Å². The van der Waals surface area contributed by atoms with Crippen molar-refractivity contribution in [2.45, 2.75) is 18.7 Å². The van der Waals surface area contributed by atoms with Gasteiger partial charge in [0.1, 0.15) is 0 Å². The third kappa shape index (κ3) is 3.92. The van der Waals surface area contributed by atoms with Crippen LogP contribution in [0.15, 0.2) is 40.0 Å². The third-order valence-electron chi connectivity index (χ3n) is 2.58. The third-order valence-corrected chi connectivity index (χ3v) is 4.02. The standard InChI is InChI=1S/C13H14N4O4S/c1-8-7-12(19)16-13(14-8)15-10-3-5-11(6-4-10)22(20,21)17-9(2)18/h3-7H,1-2H3,(H,17,18)(H2,14,15,16,19). The molecule has 0 saturated carbocycles. The summed E-state index contributed by atoms with van der Waals surface area (Å²) in [5, 5.41) is 2.86. The molecule has 1 aromatic carbocycles. The van der Waals surface area contributed by atoms with Crippen LogP contribution < -0.4 is 15.6 Å². The zero-order chi connectivity index (χ0) is 16.3. The summed E-state index contributed by atoms with van der Waals surface area (Å²) in [6.45, 7) is 2.80. The zero-order valence-corrected chi connectivity index (χ0v) is 12.7. The molecule has 2 rings (SSSR count). The Labute approximate surface area is 126 Å². The SMILES string of the molecule is CC(=O)NS(=O)(=O)c1ccc(Nc2nc(C)cc(=O)[nH]2)cc1. The van der Waals surface area contributed by atoms with E-state index >= 15 is 0 Å². The number of aryl methyl sites for hydroxylation is 1. The number of rotatable bonds is 4. The fourth-order valence-corrected chi connectivity index (χ4v) is 2.73. The van der Waals surface area contributed by atoms with Crippen molar-refractivity contribution in [3.8, 4) is 0 Å². The molecule has 0 saturated heterocycles. The number of H-pyrrole nitrogens is 1. The molecule has 0 atom stereocenters. The highest BCUT2D eigenvalue weighted by Gasteiger charge is 2.14. The Kier molecular flexibility index (Phi) is 4.27. The van der Waals surface area contributed by atoms with Crippen molar-refractivity contribution in [2.24, 2.45) is 0 Å². The van der Waals surface area contributed by atoms with Gasteiger partial charge in [-0.3, -0.25) is 14.6 Å². The van der Waals surface area contributed by atoms with E-state index in [1.807, 2.05) is 4.72 Å². The maximum absolute atomic E-state index is 11.8. The van der Waals surface area contributed by atoms with Gasteiger partial charge in [0, 0.05) is 24.4 Å². The lowest BCUT2D eigenvalue weighted by molar-refractivity contribution is -0.117. The summed E-state index contributed by atoms with van der Waals surface area (Å²) in [5.74, 6) is -0.411. The fourth-order valence-electron chi connectivity index (χ4n) is 1.74. The lowest BCUT2D eigenvalue weighted by Gasteiger charge is -2.08. The van der Waals surface area contributed by atoms with Crippen LogP contribution in [0.1, 0.15) is 12.6 Å². The predicted octanol–water partition coefficient (Wildman–Crippen LogP) is 0.647. The molecule has 22 heavy (non-hydrogen) atoms. The number of nitrogens with zero attached hydrogens (tertiary/aromatic N) is 1. The van der Waals surface area contributed by atoms with E-state index in [2.05, 4.69) is 15.3 Å². The van der Waals surface area contributed by atoms with Gasteiger partial charge in [-0.2, -0.15) is 0 Å². The number of aromatic nitrogens is 2. The van der Waals surface area contributed by atoms with Crippen LogP contribution in [0.4, 0.5) is 11.6 Å². The Hall–Kier alpha value is -2.68. The number of anilines is 2. The summed E-state index contributed by atoms with van der Waals surface area (Å²) >= 11 is 0. The van der Waals surface area contributed by atoms with Gasteiger partial charge in [0.05, 0.1) is 4.90 Å². The second-order valence-corrected chi connectivity index (χ2v) is 6.23. The Balaban J connectivity index is 2.22. The van der Waals surface area contributed by atoms with Crippen molar-refractivity contribution < 1.29 is 13.2 Å². The highest BCUT2D eigenvalue weighted by molar-refractivity contribution is 7.90. The summed E-state index contributed by atoms with van der Waals surface area (Å²) in [6.07, 6.45) is 0. The molecule has 8 nitrogen and oxygen atoms in total. The molecule has 0 fully saturated rings. The van der Waals surface area contributed by atoms with Crippen molar-refractivity contribution in [1.82, 2.24) is 14.7 Å². The molecule has 1 amide bonds. The molecule has 0 bridgehead atoms. The lowest BCUT2D eigenvalue weighted by Crippen LogP contribution is -2.28. The number of sulfonamides is 1.